The first kappa shape index (κ1) is 12.4. The van der Waals surface area contributed by atoms with E-state index in [0.29, 0.717) is 0 Å². The minimum Gasteiger partial charge on any atom is -0.399 e. The topological polar surface area (TPSA) is 47.3 Å². The van der Waals surface area contributed by atoms with E-state index in [9.17, 15) is 0 Å². The monoisotopic (exact) mass is 234 g/mol. The van der Waals surface area contributed by atoms with Crippen molar-refractivity contribution in [3.8, 4) is 0 Å². The van der Waals surface area contributed by atoms with Crippen LogP contribution in [0.5, 0.6) is 0 Å². The van der Waals surface area contributed by atoms with Gasteiger partial charge in [-0.25, -0.2) is 0 Å². The quantitative estimate of drug-likeness (QED) is 0.533. The second-order valence-corrected chi connectivity index (χ2v) is 4.76. The summed E-state index contributed by atoms with van der Waals surface area (Å²) >= 11 is 0. The number of hydrogen-bond acceptors (Lipinski definition) is 3. The number of anilines is 1. The highest BCUT2D eigenvalue weighted by molar-refractivity contribution is 5.39. The molecule has 0 radical (unpaired) electrons. The molecule has 0 spiro atoms. The highest BCUT2D eigenvalue weighted by Gasteiger charge is 2.20. The number of hydrogen-bond donors (Lipinski definition) is 2. The van der Waals surface area contributed by atoms with E-state index in [2.05, 4.69) is 17.4 Å². The van der Waals surface area contributed by atoms with Gasteiger partial charge in [-0.05, 0) is 49.4 Å². The summed E-state index contributed by atoms with van der Waals surface area (Å²) in [6, 6.07) is 8.07. The average molecular weight is 234 g/mol. The first-order chi connectivity index (χ1) is 8.34. The second-order valence-electron chi connectivity index (χ2n) is 4.76. The van der Waals surface area contributed by atoms with E-state index in [4.69, 9.17) is 10.5 Å². The van der Waals surface area contributed by atoms with Crippen LogP contribution in [-0.2, 0) is 11.2 Å². The van der Waals surface area contributed by atoms with E-state index < -0.39 is 0 Å². The van der Waals surface area contributed by atoms with E-state index >= 15 is 0 Å². The maximum atomic E-state index is 5.63. The van der Waals surface area contributed by atoms with Crippen LogP contribution in [0.15, 0.2) is 24.3 Å². The molecule has 0 aromatic heterocycles. The van der Waals surface area contributed by atoms with Crippen LogP contribution < -0.4 is 11.1 Å². The van der Waals surface area contributed by atoms with Crippen molar-refractivity contribution in [1.82, 2.24) is 5.32 Å². The van der Waals surface area contributed by atoms with Gasteiger partial charge in [0, 0.05) is 18.8 Å². The maximum absolute atomic E-state index is 5.63. The highest BCUT2D eigenvalue weighted by Crippen LogP contribution is 2.28. The molecule has 1 aromatic carbocycles. The molecule has 17 heavy (non-hydrogen) atoms. The van der Waals surface area contributed by atoms with Gasteiger partial charge in [0.05, 0.1) is 6.61 Å². The van der Waals surface area contributed by atoms with Crippen LogP contribution in [-0.4, -0.2) is 26.3 Å². The van der Waals surface area contributed by atoms with Crippen molar-refractivity contribution in [3.05, 3.63) is 29.8 Å². The van der Waals surface area contributed by atoms with Gasteiger partial charge in [-0.1, -0.05) is 12.1 Å². The maximum Gasteiger partial charge on any atom is 0.0591 e. The molecule has 3 heteroatoms. The van der Waals surface area contributed by atoms with Crippen LogP contribution in [0.4, 0.5) is 5.69 Å². The van der Waals surface area contributed by atoms with Gasteiger partial charge in [-0.3, -0.25) is 0 Å². The molecule has 3 N–H and O–H groups in total. The summed E-state index contributed by atoms with van der Waals surface area (Å²) in [6.07, 6.45) is 3.78. The summed E-state index contributed by atoms with van der Waals surface area (Å²) in [5.41, 5.74) is 7.79. The fourth-order valence-corrected chi connectivity index (χ4v) is 1.72. The van der Waals surface area contributed by atoms with Crippen LogP contribution >= 0.6 is 0 Å². The van der Waals surface area contributed by atoms with Gasteiger partial charge in [0.1, 0.15) is 0 Å². The van der Waals surface area contributed by atoms with Gasteiger partial charge in [0.15, 0.2) is 0 Å². The van der Waals surface area contributed by atoms with Crippen molar-refractivity contribution < 1.29 is 4.74 Å². The van der Waals surface area contributed by atoms with E-state index in [1.165, 1.54) is 18.4 Å². The van der Waals surface area contributed by atoms with Crippen molar-refractivity contribution in [1.29, 1.82) is 0 Å². The van der Waals surface area contributed by atoms with E-state index in [1.54, 1.807) is 0 Å². The van der Waals surface area contributed by atoms with Gasteiger partial charge < -0.3 is 15.8 Å². The predicted octanol–water partition coefficient (Wildman–Crippen LogP) is 1.83. The zero-order valence-electron chi connectivity index (χ0n) is 10.3. The summed E-state index contributed by atoms with van der Waals surface area (Å²) in [6.45, 7) is 3.73. The highest BCUT2D eigenvalue weighted by atomic mass is 16.5. The van der Waals surface area contributed by atoms with E-state index in [1.807, 2.05) is 12.1 Å². The number of rotatable bonds is 8. The zero-order valence-corrected chi connectivity index (χ0v) is 10.3. The first-order valence-electron chi connectivity index (χ1n) is 6.47. The molecule has 0 unspecified atom stereocenters. The molecule has 1 fully saturated rings. The van der Waals surface area contributed by atoms with Crippen LogP contribution in [0.3, 0.4) is 0 Å². The fraction of sp³-hybridized carbons (Fsp3) is 0.571. The molecule has 1 saturated carbocycles. The summed E-state index contributed by atoms with van der Waals surface area (Å²) in [5.74, 6) is 0.866. The molecule has 0 heterocycles. The number of nitrogens with one attached hydrogen (secondary N) is 1. The Balaban J connectivity index is 1.46. The number of ether oxygens (including phenoxy) is 1. The summed E-state index contributed by atoms with van der Waals surface area (Å²) in [7, 11) is 0. The lowest BCUT2D eigenvalue weighted by molar-refractivity contribution is 0.126. The van der Waals surface area contributed by atoms with Gasteiger partial charge in [0.2, 0.25) is 0 Å². The Morgan fingerprint density at radius 2 is 1.94 bits per heavy atom. The van der Waals surface area contributed by atoms with Gasteiger partial charge in [-0.15, -0.1) is 0 Å². The lowest BCUT2D eigenvalue weighted by atomic mass is 10.1. The summed E-state index contributed by atoms with van der Waals surface area (Å²) in [5, 5.41) is 3.39. The molecule has 1 aromatic rings. The van der Waals surface area contributed by atoms with Crippen LogP contribution in [0.25, 0.3) is 0 Å². The van der Waals surface area contributed by atoms with Crippen molar-refractivity contribution >= 4 is 5.69 Å². The molecule has 3 nitrogen and oxygen atoms in total. The lowest BCUT2D eigenvalue weighted by Gasteiger charge is -2.06. The Bertz CT molecular complexity index is 319. The Labute approximate surface area is 103 Å². The number of benzene rings is 1. The van der Waals surface area contributed by atoms with Crippen molar-refractivity contribution in [2.45, 2.75) is 19.3 Å². The number of nitrogen functional groups attached to an aromatic ring is 1. The van der Waals surface area contributed by atoms with E-state index in [0.717, 1.165) is 44.3 Å². The van der Waals surface area contributed by atoms with Gasteiger partial charge >= 0.3 is 0 Å². The molecule has 0 amide bonds. The second kappa shape index (κ2) is 6.62. The third kappa shape index (κ3) is 5.20. The van der Waals surface area contributed by atoms with Crippen molar-refractivity contribution in [3.63, 3.8) is 0 Å². The molecule has 2 rings (SSSR count). The smallest absolute Gasteiger partial charge is 0.0591 e. The third-order valence-corrected chi connectivity index (χ3v) is 3.04. The molecule has 94 valence electrons. The average Bonchev–Trinajstić information content (AvgIpc) is 3.14. The standard InChI is InChI=1S/C14H22N2O/c15-14-5-3-12(4-6-14)7-8-16-9-10-17-11-13-1-2-13/h3-6,13,16H,1-2,7-11,15H2. The molecule has 1 aliphatic carbocycles. The minimum atomic E-state index is 0.829. The Morgan fingerprint density at radius 3 is 2.65 bits per heavy atom. The van der Waals surface area contributed by atoms with Crippen LogP contribution in [0, 0.1) is 5.92 Å². The van der Waals surface area contributed by atoms with Crippen LogP contribution in [0.1, 0.15) is 18.4 Å². The fourth-order valence-electron chi connectivity index (χ4n) is 1.72. The lowest BCUT2D eigenvalue weighted by Crippen LogP contribution is -2.22. The predicted molar refractivity (Wildman–Crippen MR) is 71.0 cm³/mol. The largest absolute Gasteiger partial charge is 0.399 e. The number of nitrogens with two attached hydrogens (primary N) is 1. The molecular formula is C14H22N2O. The first-order valence-corrected chi connectivity index (χ1v) is 6.47. The van der Waals surface area contributed by atoms with Crippen molar-refractivity contribution in [2.75, 3.05) is 32.0 Å². The van der Waals surface area contributed by atoms with E-state index in [-0.39, 0.29) is 0 Å². The molecule has 1 aliphatic rings. The molecule has 0 saturated heterocycles. The SMILES string of the molecule is Nc1ccc(CCNCCOCC2CC2)cc1. The molecule has 0 bridgehead atoms. The van der Waals surface area contributed by atoms with Crippen LogP contribution in [0.2, 0.25) is 0 Å². The molecule has 0 aliphatic heterocycles. The normalized spacial score (nSPS) is 15.1. The summed E-state index contributed by atoms with van der Waals surface area (Å²) in [4.78, 5) is 0. The Hall–Kier alpha value is -1.06. The zero-order chi connectivity index (χ0) is 11.9. The molecule has 0 atom stereocenters. The summed E-state index contributed by atoms with van der Waals surface area (Å²) < 4.78 is 5.55. The van der Waals surface area contributed by atoms with Gasteiger partial charge in [-0.2, -0.15) is 0 Å². The van der Waals surface area contributed by atoms with Gasteiger partial charge in [0.25, 0.3) is 0 Å². The Kier molecular flexibility index (Phi) is 4.83. The van der Waals surface area contributed by atoms with Crippen molar-refractivity contribution in [2.24, 2.45) is 5.92 Å². The molecular weight excluding hydrogens is 212 g/mol. The third-order valence-electron chi connectivity index (χ3n) is 3.04. The minimum absolute atomic E-state index is 0.829. The Morgan fingerprint density at radius 1 is 1.18 bits per heavy atom.